The summed E-state index contributed by atoms with van der Waals surface area (Å²) in [6, 6.07) is 13.5. The summed E-state index contributed by atoms with van der Waals surface area (Å²) in [6.07, 6.45) is 0.388. The number of aliphatic hydroxyl groups excluding tert-OH is 1. The van der Waals surface area contributed by atoms with Crippen molar-refractivity contribution in [3.05, 3.63) is 58.1 Å². The Morgan fingerprint density at radius 1 is 1.21 bits per heavy atom. The van der Waals surface area contributed by atoms with Gasteiger partial charge in [0.1, 0.15) is 0 Å². The van der Waals surface area contributed by atoms with Gasteiger partial charge in [0, 0.05) is 23.1 Å². The summed E-state index contributed by atoms with van der Waals surface area (Å²) in [7, 11) is 1.64. The number of aliphatic hydroxyl groups is 1. The fourth-order valence-corrected chi connectivity index (χ4v) is 2.89. The lowest BCUT2D eigenvalue weighted by Gasteiger charge is -2.17. The zero-order valence-corrected chi connectivity index (χ0v) is 15.7. The van der Waals surface area contributed by atoms with Crippen LogP contribution >= 0.6 is 15.9 Å². The van der Waals surface area contributed by atoms with Crippen LogP contribution in [0.5, 0.6) is 11.5 Å². The topological polar surface area (TPSA) is 50.7 Å². The number of ether oxygens (including phenoxy) is 2. The predicted octanol–water partition coefficient (Wildman–Crippen LogP) is 4.07. The Morgan fingerprint density at radius 2 is 1.96 bits per heavy atom. The molecular formula is C19H24BrNO3. The fourth-order valence-electron chi connectivity index (χ4n) is 2.41. The molecule has 0 aromatic heterocycles. The first kappa shape index (κ1) is 18.8. The highest BCUT2D eigenvalue weighted by Gasteiger charge is 2.13. The van der Waals surface area contributed by atoms with Crippen molar-refractivity contribution >= 4 is 15.9 Å². The zero-order valence-electron chi connectivity index (χ0n) is 14.1. The molecule has 0 radical (unpaired) electrons. The smallest absolute Gasteiger partial charge is 0.165 e. The first-order valence-corrected chi connectivity index (χ1v) is 8.88. The van der Waals surface area contributed by atoms with E-state index in [0.717, 1.165) is 27.8 Å². The molecule has 0 aliphatic rings. The molecule has 130 valence electrons. The molecule has 2 N–H and O–H groups in total. The Bertz CT molecular complexity index is 634. The lowest BCUT2D eigenvalue weighted by molar-refractivity contribution is 0.174. The standard InChI is InChI=1S/C19H24BrNO3/c1-3-9-24-19-15(10-16(20)11-18(19)23-2)12-21-13-17(22)14-7-5-4-6-8-14/h4-8,10-11,17,21-22H,3,9,12-13H2,1-2H3. The molecule has 5 heteroatoms. The molecule has 0 spiro atoms. The van der Waals surface area contributed by atoms with Gasteiger partial charge in [-0.3, -0.25) is 0 Å². The summed E-state index contributed by atoms with van der Waals surface area (Å²) in [6.45, 7) is 3.75. The van der Waals surface area contributed by atoms with Crippen LogP contribution in [0.2, 0.25) is 0 Å². The van der Waals surface area contributed by atoms with Gasteiger partial charge in [0.15, 0.2) is 11.5 Å². The molecule has 2 aromatic carbocycles. The van der Waals surface area contributed by atoms with Crippen LogP contribution in [0.25, 0.3) is 0 Å². The third-order valence-electron chi connectivity index (χ3n) is 3.60. The van der Waals surface area contributed by atoms with Gasteiger partial charge in [-0.25, -0.2) is 0 Å². The van der Waals surface area contributed by atoms with E-state index in [1.54, 1.807) is 7.11 Å². The van der Waals surface area contributed by atoms with Gasteiger partial charge in [-0.15, -0.1) is 0 Å². The number of benzene rings is 2. The lowest BCUT2D eigenvalue weighted by atomic mass is 10.1. The lowest BCUT2D eigenvalue weighted by Crippen LogP contribution is -2.21. The number of hydrogen-bond donors (Lipinski definition) is 2. The maximum Gasteiger partial charge on any atom is 0.165 e. The van der Waals surface area contributed by atoms with E-state index in [1.165, 1.54) is 0 Å². The molecular weight excluding hydrogens is 370 g/mol. The van der Waals surface area contributed by atoms with Gasteiger partial charge < -0.3 is 19.9 Å². The number of halogens is 1. The molecule has 0 bridgehead atoms. The summed E-state index contributed by atoms with van der Waals surface area (Å²) >= 11 is 3.50. The van der Waals surface area contributed by atoms with Crippen molar-refractivity contribution in [2.75, 3.05) is 20.3 Å². The summed E-state index contributed by atoms with van der Waals surface area (Å²) < 4.78 is 12.2. The molecule has 0 aliphatic heterocycles. The molecule has 2 aromatic rings. The van der Waals surface area contributed by atoms with Crippen molar-refractivity contribution in [2.24, 2.45) is 0 Å². The molecule has 2 rings (SSSR count). The van der Waals surface area contributed by atoms with Gasteiger partial charge in [0.2, 0.25) is 0 Å². The Kier molecular flexibility index (Phi) is 7.56. The van der Waals surface area contributed by atoms with E-state index in [2.05, 4.69) is 28.2 Å². The van der Waals surface area contributed by atoms with Crippen LogP contribution in [-0.2, 0) is 6.54 Å². The van der Waals surface area contributed by atoms with Crippen LogP contribution in [-0.4, -0.2) is 25.4 Å². The summed E-state index contributed by atoms with van der Waals surface area (Å²) in [5.41, 5.74) is 1.90. The van der Waals surface area contributed by atoms with Gasteiger partial charge in [-0.1, -0.05) is 53.2 Å². The van der Waals surface area contributed by atoms with Crippen molar-refractivity contribution in [1.29, 1.82) is 0 Å². The quantitative estimate of drug-likeness (QED) is 0.673. The molecule has 0 fully saturated rings. The van der Waals surface area contributed by atoms with Gasteiger partial charge in [-0.2, -0.15) is 0 Å². The van der Waals surface area contributed by atoms with Crippen molar-refractivity contribution in [1.82, 2.24) is 5.32 Å². The average molecular weight is 394 g/mol. The van der Waals surface area contributed by atoms with E-state index in [1.807, 2.05) is 42.5 Å². The monoisotopic (exact) mass is 393 g/mol. The largest absolute Gasteiger partial charge is 0.493 e. The zero-order chi connectivity index (χ0) is 17.4. The van der Waals surface area contributed by atoms with Gasteiger partial charge >= 0.3 is 0 Å². The van der Waals surface area contributed by atoms with Crippen LogP contribution in [0.1, 0.15) is 30.6 Å². The predicted molar refractivity (Wildman–Crippen MR) is 99.6 cm³/mol. The minimum absolute atomic E-state index is 0.464. The van der Waals surface area contributed by atoms with E-state index in [0.29, 0.717) is 25.4 Å². The third-order valence-corrected chi connectivity index (χ3v) is 4.06. The van der Waals surface area contributed by atoms with Crippen molar-refractivity contribution in [3.63, 3.8) is 0 Å². The highest BCUT2D eigenvalue weighted by atomic mass is 79.9. The molecule has 0 saturated carbocycles. The van der Waals surface area contributed by atoms with E-state index in [-0.39, 0.29) is 0 Å². The SMILES string of the molecule is CCCOc1c(CNCC(O)c2ccccc2)cc(Br)cc1OC. The van der Waals surface area contributed by atoms with Gasteiger partial charge in [0.05, 0.1) is 19.8 Å². The van der Waals surface area contributed by atoms with Crippen molar-refractivity contribution in [2.45, 2.75) is 26.0 Å². The second kappa shape index (κ2) is 9.67. The van der Waals surface area contributed by atoms with Crippen molar-refractivity contribution < 1.29 is 14.6 Å². The molecule has 0 saturated heterocycles. The number of rotatable bonds is 9. The van der Waals surface area contributed by atoms with E-state index < -0.39 is 6.10 Å². The third kappa shape index (κ3) is 5.23. The number of nitrogens with one attached hydrogen (secondary N) is 1. The first-order valence-electron chi connectivity index (χ1n) is 8.08. The second-order valence-electron chi connectivity index (χ2n) is 5.50. The van der Waals surface area contributed by atoms with Gasteiger partial charge in [-0.05, 0) is 24.1 Å². The highest BCUT2D eigenvalue weighted by Crippen LogP contribution is 2.35. The molecule has 24 heavy (non-hydrogen) atoms. The Morgan fingerprint density at radius 3 is 2.62 bits per heavy atom. The molecule has 0 aliphatic carbocycles. The Hall–Kier alpha value is -1.56. The summed E-state index contributed by atoms with van der Waals surface area (Å²) in [4.78, 5) is 0. The van der Waals surface area contributed by atoms with E-state index >= 15 is 0 Å². The molecule has 4 nitrogen and oxygen atoms in total. The summed E-state index contributed by atoms with van der Waals surface area (Å²) in [5, 5.41) is 13.5. The number of hydrogen-bond acceptors (Lipinski definition) is 4. The second-order valence-corrected chi connectivity index (χ2v) is 6.42. The molecule has 0 amide bonds. The maximum atomic E-state index is 10.2. The molecule has 1 atom stereocenters. The highest BCUT2D eigenvalue weighted by molar-refractivity contribution is 9.10. The molecule has 1 unspecified atom stereocenters. The van der Waals surface area contributed by atoms with Gasteiger partial charge in [0.25, 0.3) is 0 Å². The van der Waals surface area contributed by atoms with Crippen LogP contribution in [0.3, 0.4) is 0 Å². The number of methoxy groups -OCH3 is 1. The normalized spacial score (nSPS) is 12.0. The van der Waals surface area contributed by atoms with Crippen LogP contribution in [0.4, 0.5) is 0 Å². The first-order chi connectivity index (χ1) is 11.7. The average Bonchev–Trinajstić information content (AvgIpc) is 2.61. The minimum atomic E-state index is -0.541. The van der Waals surface area contributed by atoms with Crippen LogP contribution in [0.15, 0.2) is 46.9 Å². The summed E-state index contributed by atoms with van der Waals surface area (Å²) in [5.74, 6) is 1.46. The fraction of sp³-hybridized carbons (Fsp3) is 0.368. The van der Waals surface area contributed by atoms with E-state index in [4.69, 9.17) is 9.47 Å². The van der Waals surface area contributed by atoms with Crippen molar-refractivity contribution in [3.8, 4) is 11.5 Å². The minimum Gasteiger partial charge on any atom is -0.493 e. The molecule has 0 heterocycles. The van der Waals surface area contributed by atoms with Crippen LogP contribution in [0, 0.1) is 0 Å². The Balaban J connectivity index is 2.04. The van der Waals surface area contributed by atoms with E-state index in [9.17, 15) is 5.11 Å². The Labute approximate surface area is 151 Å². The van der Waals surface area contributed by atoms with Crippen LogP contribution < -0.4 is 14.8 Å². The maximum absolute atomic E-state index is 10.2.